The topological polar surface area (TPSA) is 80.4 Å². The molecule has 3 aliphatic rings. The largest absolute Gasteiger partial charge is 0.340 e. The molecule has 0 unspecified atom stereocenters. The van der Waals surface area contributed by atoms with Crippen molar-refractivity contribution in [2.24, 2.45) is 5.92 Å². The normalized spacial score (nSPS) is 23.1. The van der Waals surface area contributed by atoms with Crippen LogP contribution in [0.15, 0.2) is 33.9 Å². The third-order valence-electron chi connectivity index (χ3n) is 6.91. The SMILES string of the molecule is Cc1ccc(=O)n(CC(=O)N2C[C@@H]3C[C@H](C2)c2ccc(CN4CCCC4)c(=O)n2C3)n1. The highest BCUT2D eigenvalue weighted by atomic mass is 16.2. The zero-order valence-corrected chi connectivity index (χ0v) is 18.0. The third-order valence-corrected chi connectivity index (χ3v) is 6.91. The van der Waals surface area contributed by atoms with Crippen LogP contribution in [0.3, 0.4) is 0 Å². The smallest absolute Gasteiger partial charge is 0.267 e. The van der Waals surface area contributed by atoms with E-state index in [-0.39, 0.29) is 35.4 Å². The van der Waals surface area contributed by atoms with Gasteiger partial charge in [0, 0.05) is 49.4 Å². The van der Waals surface area contributed by atoms with Crippen molar-refractivity contribution in [3.8, 4) is 0 Å². The van der Waals surface area contributed by atoms with Crippen molar-refractivity contribution in [3.63, 3.8) is 0 Å². The molecule has 164 valence electrons. The fourth-order valence-electron chi connectivity index (χ4n) is 5.39. The van der Waals surface area contributed by atoms with Crippen molar-refractivity contribution >= 4 is 5.91 Å². The molecule has 2 saturated heterocycles. The predicted octanol–water partition coefficient (Wildman–Crippen LogP) is 0.955. The minimum absolute atomic E-state index is 0.0401. The number of aryl methyl sites for hydroxylation is 1. The molecule has 2 fully saturated rings. The van der Waals surface area contributed by atoms with E-state index in [1.54, 1.807) is 13.0 Å². The molecule has 0 N–H and O–H groups in total. The number of pyridine rings is 1. The van der Waals surface area contributed by atoms with Gasteiger partial charge in [-0.1, -0.05) is 6.07 Å². The maximum atomic E-state index is 13.2. The van der Waals surface area contributed by atoms with Crippen LogP contribution in [0.25, 0.3) is 0 Å². The molecule has 2 atom stereocenters. The number of amides is 1. The van der Waals surface area contributed by atoms with E-state index in [4.69, 9.17) is 0 Å². The second kappa shape index (κ2) is 8.07. The van der Waals surface area contributed by atoms with E-state index in [0.717, 1.165) is 37.3 Å². The van der Waals surface area contributed by atoms with Crippen LogP contribution in [-0.2, 0) is 24.4 Å². The molecule has 31 heavy (non-hydrogen) atoms. The number of hydrogen-bond acceptors (Lipinski definition) is 5. The summed E-state index contributed by atoms with van der Waals surface area (Å²) in [5, 5.41) is 4.19. The summed E-state index contributed by atoms with van der Waals surface area (Å²) in [6.07, 6.45) is 3.42. The highest BCUT2D eigenvalue weighted by Gasteiger charge is 2.36. The van der Waals surface area contributed by atoms with Crippen LogP contribution >= 0.6 is 0 Å². The number of rotatable bonds is 4. The Balaban J connectivity index is 1.34. The fourth-order valence-corrected chi connectivity index (χ4v) is 5.39. The van der Waals surface area contributed by atoms with Gasteiger partial charge in [0.1, 0.15) is 6.54 Å². The molecule has 2 aromatic rings. The Labute approximate surface area is 181 Å². The summed E-state index contributed by atoms with van der Waals surface area (Å²) < 4.78 is 3.20. The van der Waals surface area contributed by atoms with E-state index in [9.17, 15) is 14.4 Å². The second-order valence-electron chi connectivity index (χ2n) is 9.25. The first-order valence-electron chi connectivity index (χ1n) is 11.3. The van der Waals surface area contributed by atoms with Gasteiger partial charge in [-0.25, -0.2) is 4.68 Å². The molecule has 2 bridgehead atoms. The molecular formula is C23H29N5O3. The number of fused-ring (bicyclic) bond motifs is 4. The lowest BCUT2D eigenvalue weighted by Crippen LogP contribution is -2.50. The maximum Gasteiger partial charge on any atom is 0.267 e. The predicted molar refractivity (Wildman–Crippen MR) is 116 cm³/mol. The Morgan fingerprint density at radius 1 is 1.06 bits per heavy atom. The molecule has 5 heterocycles. The molecular weight excluding hydrogens is 394 g/mol. The molecule has 0 saturated carbocycles. The van der Waals surface area contributed by atoms with Crippen LogP contribution in [0.2, 0.25) is 0 Å². The van der Waals surface area contributed by atoms with Gasteiger partial charge in [-0.2, -0.15) is 5.10 Å². The monoisotopic (exact) mass is 423 g/mol. The summed E-state index contributed by atoms with van der Waals surface area (Å²) in [7, 11) is 0. The first-order valence-corrected chi connectivity index (χ1v) is 11.3. The van der Waals surface area contributed by atoms with Gasteiger partial charge in [-0.05, 0) is 57.3 Å². The molecule has 2 aromatic heterocycles. The summed E-state index contributed by atoms with van der Waals surface area (Å²) in [6.45, 7) is 6.51. The quantitative estimate of drug-likeness (QED) is 0.732. The van der Waals surface area contributed by atoms with Gasteiger partial charge in [-0.3, -0.25) is 19.3 Å². The fraction of sp³-hybridized carbons (Fsp3) is 0.565. The molecule has 0 aliphatic carbocycles. The van der Waals surface area contributed by atoms with Crippen molar-refractivity contribution in [2.75, 3.05) is 26.2 Å². The Bertz CT molecular complexity index is 1110. The number of aromatic nitrogens is 3. The number of piperidine rings is 1. The lowest BCUT2D eigenvalue weighted by Gasteiger charge is -2.43. The Morgan fingerprint density at radius 2 is 1.87 bits per heavy atom. The van der Waals surface area contributed by atoms with Crippen LogP contribution in [-0.4, -0.2) is 56.2 Å². The van der Waals surface area contributed by atoms with Gasteiger partial charge < -0.3 is 9.47 Å². The summed E-state index contributed by atoms with van der Waals surface area (Å²) >= 11 is 0. The standard InChI is InChI=1S/C23H29N5O3/c1-16-4-7-21(29)28(24-16)15-22(30)26-11-17-10-19(14-26)20-6-5-18(23(31)27(20)12-17)13-25-8-2-3-9-25/h4-7,17,19H,2-3,8-15H2,1H3/t17-,19+/m0/s1. The zero-order chi connectivity index (χ0) is 21.5. The van der Waals surface area contributed by atoms with E-state index >= 15 is 0 Å². The van der Waals surface area contributed by atoms with Crippen molar-refractivity contribution in [1.29, 1.82) is 0 Å². The molecule has 1 amide bonds. The first-order chi connectivity index (χ1) is 15.0. The van der Waals surface area contributed by atoms with Gasteiger partial charge in [0.2, 0.25) is 5.91 Å². The Hall–Kier alpha value is -2.74. The van der Waals surface area contributed by atoms with E-state index in [0.29, 0.717) is 25.3 Å². The van der Waals surface area contributed by atoms with Crippen LogP contribution in [0.5, 0.6) is 0 Å². The molecule has 8 heteroatoms. The molecule has 5 rings (SSSR count). The van der Waals surface area contributed by atoms with Gasteiger partial charge in [0.05, 0.1) is 5.69 Å². The average molecular weight is 424 g/mol. The van der Waals surface area contributed by atoms with E-state index < -0.39 is 0 Å². The minimum atomic E-state index is -0.265. The lowest BCUT2D eigenvalue weighted by molar-refractivity contribution is -0.134. The Morgan fingerprint density at radius 3 is 2.68 bits per heavy atom. The van der Waals surface area contributed by atoms with Gasteiger partial charge in [-0.15, -0.1) is 0 Å². The summed E-state index contributed by atoms with van der Waals surface area (Å²) in [5.41, 5.74) is 2.49. The Kier molecular flexibility index (Phi) is 5.25. The number of carbonyl (C=O) groups is 1. The zero-order valence-electron chi connectivity index (χ0n) is 18.0. The summed E-state index contributed by atoms with van der Waals surface area (Å²) in [4.78, 5) is 42.3. The molecule has 0 radical (unpaired) electrons. The molecule has 3 aliphatic heterocycles. The summed E-state index contributed by atoms with van der Waals surface area (Å²) in [5.74, 6) is 0.334. The van der Waals surface area contributed by atoms with E-state index in [1.165, 1.54) is 23.6 Å². The van der Waals surface area contributed by atoms with Crippen molar-refractivity contribution < 1.29 is 4.79 Å². The van der Waals surface area contributed by atoms with Gasteiger partial charge in [0.25, 0.3) is 11.1 Å². The minimum Gasteiger partial charge on any atom is -0.340 e. The molecule has 0 spiro atoms. The van der Waals surface area contributed by atoms with Crippen LogP contribution in [0.4, 0.5) is 0 Å². The number of likely N-dealkylation sites (tertiary alicyclic amines) is 2. The van der Waals surface area contributed by atoms with Crippen molar-refractivity contribution in [1.82, 2.24) is 24.1 Å². The number of nitrogens with zero attached hydrogens (tertiary/aromatic N) is 5. The van der Waals surface area contributed by atoms with Gasteiger partial charge in [0.15, 0.2) is 0 Å². The van der Waals surface area contributed by atoms with Crippen molar-refractivity contribution in [3.05, 3.63) is 61.9 Å². The average Bonchev–Trinajstić information content (AvgIpc) is 3.26. The van der Waals surface area contributed by atoms with E-state index in [2.05, 4.69) is 16.1 Å². The number of hydrogen-bond donors (Lipinski definition) is 0. The number of carbonyl (C=O) groups excluding carboxylic acids is 1. The molecule has 0 aromatic carbocycles. The summed E-state index contributed by atoms with van der Waals surface area (Å²) in [6, 6.07) is 7.18. The van der Waals surface area contributed by atoms with Crippen LogP contribution in [0, 0.1) is 12.8 Å². The van der Waals surface area contributed by atoms with Crippen molar-refractivity contribution in [2.45, 2.75) is 51.7 Å². The van der Waals surface area contributed by atoms with Gasteiger partial charge >= 0.3 is 0 Å². The first kappa shape index (κ1) is 20.2. The molecule has 8 nitrogen and oxygen atoms in total. The highest BCUT2D eigenvalue weighted by molar-refractivity contribution is 5.76. The van der Waals surface area contributed by atoms with Crippen LogP contribution < -0.4 is 11.1 Å². The van der Waals surface area contributed by atoms with E-state index in [1.807, 2.05) is 15.5 Å². The highest BCUT2D eigenvalue weighted by Crippen LogP contribution is 2.35. The third kappa shape index (κ3) is 3.96. The maximum absolute atomic E-state index is 13.2. The van der Waals surface area contributed by atoms with Crippen LogP contribution in [0.1, 0.15) is 42.1 Å². The second-order valence-corrected chi connectivity index (χ2v) is 9.25. The lowest BCUT2D eigenvalue weighted by atomic mass is 9.83.